The summed E-state index contributed by atoms with van der Waals surface area (Å²) < 4.78 is 43.0. The smallest absolute Gasteiger partial charge is 0.394 e. The van der Waals surface area contributed by atoms with Crippen LogP contribution >= 0.6 is 0 Å². The molecule has 1 aromatic carbocycles. The van der Waals surface area contributed by atoms with Crippen LogP contribution in [0, 0.1) is 0 Å². The van der Waals surface area contributed by atoms with Gasteiger partial charge in [-0.05, 0) is 12.6 Å². The van der Waals surface area contributed by atoms with Gasteiger partial charge in [-0.15, -0.1) is 0 Å². The van der Waals surface area contributed by atoms with Gasteiger partial charge in [0.1, 0.15) is 24.2 Å². The van der Waals surface area contributed by atoms with Gasteiger partial charge < -0.3 is 14.6 Å². The lowest BCUT2D eigenvalue weighted by molar-refractivity contribution is -0.156. The van der Waals surface area contributed by atoms with Crippen LogP contribution in [0.1, 0.15) is 24.3 Å². The highest BCUT2D eigenvalue weighted by Crippen LogP contribution is 2.48. The van der Waals surface area contributed by atoms with Crippen molar-refractivity contribution in [1.82, 2.24) is 4.90 Å². The molecule has 5 unspecified atom stereocenters. The summed E-state index contributed by atoms with van der Waals surface area (Å²) in [6.07, 6.45) is 2.26. The molecule has 0 radical (unpaired) electrons. The number of aliphatic hydroxyl groups excluding tert-OH is 1. The van der Waals surface area contributed by atoms with E-state index >= 15 is 0 Å². The summed E-state index contributed by atoms with van der Waals surface area (Å²) in [6, 6.07) is 10.1. The molecule has 27 heavy (non-hydrogen) atoms. The Morgan fingerprint density at radius 2 is 1.74 bits per heavy atom. The van der Waals surface area contributed by atoms with Crippen LogP contribution in [0.4, 0.5) is 0 Å². The Kier molecular flexibility index (Phi) is 5.84. The Bertz CT molecular complexity index is 744. The van der Waals surface area contributed by atoms with Crippen LogP contribution in [0.3, 0.4) is 0 Å². The molecule has 4 rings (SSSR count). The molecule has 3 heterocycles. The topological polar surface area (TPSA) is 137 Å². The van der Waals surface area contributed by atoms with Gasteiger partial charge in [-0.3, -0.25) is 18.8 Å². The van der Waals surface area contributed by atoms with Crippen LogP contribution in [0.25, 0.3) is 0 Å². The highest BCUT2D eigenvalue weighted by atomic mass is 32.3. The summed E-state index contributed by atoms with van der Waals surface area (Å²) in [4.78, 5) is 14.8. The summed E-state index contributed by atoms with van der Waals surface area (Å²) in [5.74, 6) is -0.915. The first-order valence-corrected chi connectivity index (χ1v) is 10.0. The Balaban J connectivity index is 0.000000376. The SMILES string of the molecule is CN1C2CC(OC(=O)C(CO)c3ccccc3)CC1C1OC12.O=S(=O)(O)O. The molecule has 150 valence electrons. The lowest BCUT2D eigenvalue weighted by Gasteiger charge is -2.38. The van der Waals surface area contributed by atoms with Gasteiger partial charge in [0.25, 0.3) is 0 Å². The van der Waals surface area contributed by atoms with Crippen molar-refractivity contribution in [3.63, 3.8) is 0 Å². The fourth-order valence-electron chi connectivity index (χ4n) is 4.04. The van der Waals surface area contributed by atoms with E-state index in [1.54, 1.807) is 0 Å². The highest BCUT2D eigenvalue weighted by molar-refractivity contribution is 7.79. The summed E-state index contributed by atoms with van der Waals surface area (Å²) in [5, 5.41) is 9.56. The molecule has 3 saturated heterocycles. The zero-order valence-electron chi connectivity index (χ0n) is 14.7. The molecule has 3 fully saturated rings. The predicted octanol–water partition coefficient (Wildman–Crippen LogP) is 0.265. The third-order valence-corrected chi connectivity index (χ3v) is 5.33. The number of esters is 1. The Morgan fingerprint density at radius 1 is 1.22 bits per heavy atom. The number of carbonyl (C=O) groups excluding carboxylic acids is 1. The molecule has 3 aliphatic rings. The highest BCUT2D eigenvalue weighted by Gasteiger charge is 2.62. The molecular formula is C17H23NO8S. The van der Waals surface area contributed by atoms with Crippen molar-refractivity contribution in [2.24, 2.45) is 0 Å². The second-order valence-corrected chi connectivity index (χ2v) is 7.89. The second kappa shape index (κ2) is 7.82. The number of morpholine rings is 1. The van der Waals surface area contributed by atoms with Crippen molar-refractivity contribution < 1.29 is 36.9 Å². The molecule has 0 saturated carbocycles. The second-order valence-electron chi connectivity index (χ2n) is 6.99. The average molecular weight is 401 g/mol. The normalized spacial score (nSPS) is 32.7. The third kappa shape index (κ3) is 4.84. The average Bonchev–Trinajstić information content (AvgIpc) is 3.33. The van der Waals surface area contributed by atoms with Crippen LogP contribution < -0.4 is 0 Å². The molecule has 0 spiro atoms. The lowest BCUT2D eigenvalue weighted by Crippen LogP contribution is -2.48. The maximum atomic E-state index is 12.4. The zero-order chi connectivity index (χ0) is 19.8. The van der Waals surface area contributed by atoms with Gasteiger partial charge in [0.2, 0.25) is 0 Å². The first kappa shape index (κ1) is 20.2. The minimum atomic E-state index is -4.67. The number of fused-ring (bicyclic) bond motifs is 5. The summed E-state index contributed by atoms with van der Waals surface area (Å²) in [5.41, 5.74) is 0.803. The molecule has 10 heteroatoms. The number of likely N-dealkylation sites (N-methyl/N-ethyl adjacent to an activating group) is 1. The van der Waals surface area contributed by atoms with E-state index in [1.807, 2.05) is 30.3 Å². The molecule has 3 N–H and O–H groups in total. The molecular weight excluding hydrogens is 378 g/mol. The molecule has 2 bridgehead atoms. The van der Waals surface area contributed by atoms with E-state index in [4.69, 9.17) is 27.0 Å². The van der Waals surface area contributed by atoms with Gasteiger partial charge in [-0.1, -0.05) is 30.3 Å². The first-order valence-electron chi connectivity index (χ1n) is 8.62. The first-order chi connectivity index (χ1) is 12.7. The number of aliphatic hydroxyl groups is 1. The van der Waals surface area contributed by atoms with E-state index in [0.29, 0.717) is 24.3 Å². The van der Waals surface area contributed by atoms with Crippen LogP contribution in [0.15, 0.2) is 30.3 Å². The molecule has 3 aliphatic heterocycles. The van der Waals surface area contributed by atoms with Gasteiger partial charge >= 0.3 is 16.4 Å². The van der Waals surface area contributed by atoms with Gasteiger partial charge in [0, 0.05) is 24.9 Å². The van der Waals surface area contributed by atoms with E-state index < -0.39 is 16.3 Å². The maximum absolute atomic E-state index is 12.4. The molecule has 0 aromatic heterocycles. The van der Waals surface area contributed by atoms with Gasteiger partial charge in [-0.25, -0.2) is 0 Å². The standard InChI is InChI=1S/C17H21NO4.H2O4S/c1-18-13-7-11(8-14(18)16-15(13)22-16)21-17(20)12(9-19)10-5-3-2-4-6-10;1-5(2,3)4/h2-6,11-16,19H,7-9H2,1H3;(H2,1,2,3,4). The fourth-order valence-corrected chi connectivity index (χ4v) is 4.04. The molecule has 5 atom stereocenters. The monoisotopic (exact) mass is 401 g/mol. The minimum absolute atomic E-state index is 0.0622. The third-order valence-electron chi connectivity index (χ3n) is 5.33. The van der Waals surface area contributed by atoms with E-state index in [9.17, 15) is 9.90 Å². The van der Waals surface area contributed by atoms with E-state index in [0.717, 1.165) is 18.4 Å². The number of piperidine rings is 1. The van der Waals surface area contributed by atoms with Crippen molar-refractivity contribution >= 4 is 16.4 Å². The van der Waals surface area contributed by atoms with Crippen LogP contribution in [-0.2, 0) is 24.7 Å². The number of hydrogen-bond donors (Lipinski definition) is 3. The molecule has 0 amide bonds. The Labute approximate surface area is 157 Å². The number of benzene rings is 1. The van der Waals surface area contributed by atoms with Crippen molar-refractivity contribution in [2.45, 2.75) is 49.2 Å². The number of carbonyl (C=O) groups is 1. The van der Waals surface area contributed by atoms with Gasteiger partial charge in [0.05, 0.1) is 6.61 Å². The molecule has 9 nitrogen and oxygen atoms in total. The Morgan fingerprint density at radius 3 is 2.22 bits per heavy atom. The number of hydrogen-bond acceptors (Lipinski definition) is 7. The maximum Gasteiger partial charge on any atom is 0.394 e. The molecule has 0 aliphatic carbocycles. The fraction of sp³-hybridized carbons (Fsp3) is 0.588. The predicted molar refractivity (Wildman–Crippen MR) is 93.6 cm³/mol. The van der Waals surface area contributed by atoms with Gasteiger partial charge in [0.15, 0.2) is 0 Å². The quantitative estimate of drug-likeness (QED) is 0.369. The van der Waals surface area contributed by atoms with Gasteiger partial charge in [-0.2, -0.15) is 8.42 Å². The zero-order valence-corrected chi connectivity index (χ0v) is 15.5. The van der Waals surface area contributed by atoms with Crippen molar-refractivity contribution in [3.8, 4) is 0 Å². The number of nitrogens with zero attached hydrogens (tertiary/aromatic N) is 1. The van der Waals surface area contributed by atoms with E-state index in [2.05, 4.69) is 11.9 Å². The minimum Gasteiger partial charge on any atom is -0.462 e. The van der Waals surface area contributed by atoms with E-state index in [-0.39, 0.29) is 18.7 Å². The number of epoxide rings is 1. The van der Waals surface area contributed by atoms with Crippen molar-refractivity contribution in [3.05, 3.63) is 35.9 Å². The lowest BCUT2D eigenvalue weighted by atomic mass is 9.97. The summed E-state index contributed by atoms with van der Waals surface area (Å²) in [6.45, 7) is -0.226. The number of ether oxygens (including phenoxy) is 2. The molecule has 1 aromatic rings. The summed E-state index contributed by atoms with van der Waals surface area (Å²) >= 11 is 0. The Hall–Kier alpha value is -1.56. The summed E-state index contributed by atoms with van der Waals surface area (Å²) in [7, 11) is -2.54. The van der Waals surface area contributed by atoms with Crippen molar-refractivity contribution in [2.75, 3.05) is 13.7 Å². The largest absolute Gasteiger partial charge is 0.462 e. The van der Waals surface area contributed by atoms with E-state index in [1.165, 1.54) is 0 Å². The number of rotatable bonds is 4. The van der Waals surface area contributed by atoms with Crippen LogP contribution in [0.5, 0.6) is 0 Å². The van der Waals surface area contributed by atoms with Crippen LogP contribution in [-0.4, -0.2) is 77.5 Å². The van der Waals surface area contributed by atoms with Crippen molar-refractivity contribution in [1.29, 1.82) is 0 Å². The van der Waals surface area contributed by atoms with Crippen LogP contribution in [0.2, 0.25) is 0 Å².